The summed E-state index contributed by atoms with van der Waals surface area (Å²) in [6.07, 6.45) is 7.76. The fourth-order valence-corrected chi connectivity index (χ4v) is 5.92. The number of carbonyl (C=O) groups excluding carboxylic acids is 2. The van der Waals surface area contributed by atoms with E-state index in [1.807, 2.05) is 13.8 Å². The van der Waals surface area contributed by atoms with Crippen LogP contribution >= 0.6 is 12.4 Å². The van der Waals surface area contributed by atoms with Gasteiger partial charge in [0.15, 0.2) is 0 Å². The Hall–Kier alpha value is -1.84. The van der Waals surface area contributed by atoms with Crippen LogP contribution < -0.4 is 0 Å². The van der Waals surface area contributed by atoms with E-state index >= 15 is 0 Å². The number of sulfonamides is 1. The molecule has 0 aromatic carbocycles. The second-order valence-electron chi connectivity index (χ2n) is 8.76. The van der Waals surface area contributed by atoms with E-state index in [0.717, 1.165) is 36.5 Å². The molecular weight excluding hydrogens is 442 g/mol. The Morgan fingerprint density at radius 1 is 1.23 bits per heavy atom. The average Bonchev–Trinajstić information content (AvgIpc) is 3.35. The molecule has 3 aliphatic heterocycles. The quantitative estimate of drug-likeness (QED) is 0.655. The molecule has 4 heterocycles. The topological polar surface area (TPSA) is 91.1 Å². The number of rotatable bonds is 5. The molecule has 0 radical (unpaired) electrons. The van der Waals surface area contributed by atoms with Crippen molar-refractivity contribution in [1.82, 2.24) is 14.1 Å². The summed E-state index contributed by atoms with van der Waals surface area (Å²) in [5.41, 5.74) is 0.888. The highest BCUT2D eigenvalue weighted by atomic mass is 35.5. The summed E-state index contributed by atoms with van der Waals surface area (Å²) in [6.45, 7) is 6.59. The summed E-state index contributed by atoms with van der Waals surface area (Å²) >= 11 is 0. The van der Waals surface area contributed by atoms with E-state index in [9.17, 15) is 18.0 Å². The molecule has 1 aromatic heterocycles. The molecular formula is C21H30ClN3O5S. The van der Waals surface area contributed by atoms with Crippen LogP contribution in [0.15, 0.2) is 28.5 Å². The zero-order chi connectivity index (χ0) is 21.6. The Labute approximate surface area is 189 Å². The number of piperidine rings is 1. The first-order chi connectivity index (χ1) is 14.2. The summed E-state index contributed by atoms with van der Waals surface area (Å²) in [4.78, 5) is 30.3. The van der Waals surface area contributed by atoms with Gasteiger partial charge in [0.25, 0.3) is 5.91 Å². The maximum Gasteiger partial charge on any atom is 0.258 e. The van der Waals surface area contributed by atoms with Gasteiger partial charge in [0, 0.05) is 6.54 Å². The molecule has 8 nitrogen and oxygen atoms in total. The number of carbonyl (C=O) groups is 2. The van der Waals surface area contributed by atoms with Gasteiger partial charge in [-0.25, -0.2) is 12.7 Å². The van der Waals surface area contributed by atoms with Crippen molar-refractivity contribution in [3.05, 3.63) is 35.4 Å². The minimum Gasteiger partial charge on any atom is -0.467 e. The van der Waals surface area contributed by atoms with Gasteiger partial charge in [-0.1, -0.05) is 20.3 Å². The molecule has 2 fully saturated rings. The molecule has 1 aromatic rings. The zero-order valence-corrected chi connectivity index (χ0v) is 19.7. The van der Waals surface area contributed by atoms with Crippen LogP contribution in [0.1, 0.15) is 49.2 Å². The number of halogens is 1. The van der Waals surface area contributed by atoms with E-state index in [-0.39, 0.29) is 30.8 Å². The van der Waals surface area contributed by atoms with Crippen molar-refractivity contribution in [2.45, 2.75) is 45.7 Å². The highest BCUT2D eigenvalue weighted by Gasteiger charge is 2.55. The van der Waals surface area contributed by atoms with Gasteiger partial charge >= 0.3 is 0 Å². The minimum absolute atomic E-state index is 0. The third kappa shape index (κ3) is 4.27. The van der Waals surface area contributed by atoms with Crippen molar-refractivity contribution < 1.29 is 22.4 Å². The molecule has 0 aliphatic carbocycles. The third-order valence-corrected chi connectivity index (χ3v) is 7.35. The molecule has 10 heteroatoms. The van der Waals surface area contributed by atoms with Crippen molar-refractivity contribution in [2.75, 3.05) is 25.9 Å². The molecule has 172 valence electrons. The first-order valence-electron chi connectivity index (χ1n) is 10.5. The maximum absolute atomic E-state index is 13.5. The van der Waals surface area contributed by atoms with Gasteiger partial charge in [0.05, 0.1) is 42.3 Å². The summed E-state index contributed by atoms with van der Waals surface area (Å²) in [5.74, 6) is -0.748. The predicted octanol–water partition coefficient (Wildman–Crippen LogP) is 2.47. The van der Waals surface area contributed by atoms with Gasteiger partial charge in [0.2, 0.25) is 15.9 Å². The van der Waals surface area contributed by atoms with Crippen LogP contribution in [0.25, 0.3) is 0 Å². The van der Waals surface area contributed by atoms with Crippen molar-refractivity contribution in [2.24, 2.45) is 11.8 Å². The predicted molar refractivity (Wildman–Crippen MR) is 118 cm³/mol. The summed E-state index contributed by atoms with van der Waals surface area (Å²) in [5, 5.41) is 0. The van der Waals surface area contributed by atoms with E-state index in [2.05, 4.69) is 4.90 Å². The van der Waals surface area contributed by atoms with Crippen LogP contribution in [0.2, 0.25) is 0 Å². The Bertz CT molecular complexity index is 981. The Morgan fingerprint density at radius 2 is 1.90 bits per heavy atom. The van der Waals surface area contributed by atoms with E-state index in [0.29, 0.717) is 23.6 Å². The van der Waals surface area contributed by atoms with Gasteiger partial charge in [-0.05, 0) is 44.0 Å². The number of fused-ring (bicyclic) bond motifs is 1. The normalized spacial score (nSPS) is 24.4. The van der Waals surface area contributed by atoms with Crippen LogP contribution in [-0.4, -0.2) is 66.3 Å². The second-order valence-corrected chi connectivity index (χ2v) is 10.6. The molecule has 4 rings (SSSR count). The lowest BCUT2D eigenvalue weighted by Crippen LogP contribution is -2.43. The lowest BCUT2D eigenvalue weighted by Gasteiger charge is -2.29. The van der Waals surface area contributed by atoms with Gasteiger partial charge in [-0.15, -0.1) is 12.4 Å². The van der Waals surface area contributed by atoms with E-state index in [1.165, 1.54) is 12.7 Å². The highest BCUT2D eigenvalue weighted by molar-refractivity contribution is 7.89. The fourth-order valence-electron chi connectivity index (χ4n) is 4.91. The first kappa shape index (κ1) is 23.8. The lowest BCUT2D eigenvalue weighted by atomic mass is 9.89. The molecule has 0 spiro atoms. The van der Waals surface area contributed by atoms with E-state index in [4.69, 9.17) is 4.42 Å². The van der Waals surface area contributed by atoms with Crippen LogP contribution in [0.3, 0.4) is 0 Å². The molecule has 0 bridgehead atoms. The molecule has 2 saturated heterocycles. The monoisotopic (exact) mass is 471 g/mol. The number of furan rings is 1. The van der Waals surface area contributed by atoms with Crippen molar-refractivity contribution in [3.8, 4) is 0 Å². The molecule has 2 atom stereocenters. The van der Waals surface area contributed by atoms with Crippen molar-refractivity contribution in [1.29, 1.82) is 0 Å². The molecule has 0 saturated carbocycles. The zero-order valence-electron chi connectivity index (χ0n) is 18.1. The van der Waals surface area contributed by atoms with Gasteiger partial charge in [-0.2, -0.15) is 0 Å². The molecule has 31 heavy (non-hydrogen) atoms. The summed E-state index contributed by atoms with van der Waals surface area (Å²) in [6, 6.07) is 1.10. The standard InChI is InChI=1S/C21H29N3O5S.ClH/c1-14(2)18-19-16(24(21(18)26)30(3,27)28)7-11-23(19)20(25)15-8-12-29-17(15)13-22-9-5-4-6-10-22;/h7-8,12,14,18-19H,4-6,9-11,13H2,1-3H3;1H/t18-,19+;/m1./s1. The van der Waals surface area contributed by atoms with E-state index < -0.39 is 27.9 Å². The minimum atomic E-state index is -3.75. The molecule has 0 unspecified atom stereocenters. The van der Waals surface area contributed by atoms with Crippen LogP contribution in [0.4, 0.5) is 0 Å². The summed E-state index contributed by atoms with van der Waals surface area (Å²) < 4.78 is 31.1. The third-order valence-electron chi connectivity index (χ3n) is 6.30. The fraction of sp³-hybridized carbons (Fsp3) is 0.619. The average molecular weight is 472 g/mol. The Morgan fingerprint density at radius 3 is 2.52 bits per heavy atom. The second kappa shape index (κ2) is 8.96. The van der Waals surface area contributed by atoms with E-state index in [1.54, 1.807) is 17.0 Å². The number of hydrogen-bond donors (Lipinski definition) is 0. The number of amides is 2. The summed E-state index contributed by atoms with van der Waals surface area (Å²) in [7, 11) is -3.75. The molecule has 0 N–H and O–H groups in total. The van der Waals surface area contributed by atoms with Crippen molar-refractivity contribution >= 4 is 34.2 Å². The van der Waals surface area contributed by atoms with Crippen LogP contribution in [0, 0.1) is 11.8 Å². The Kier molecular flexibility index (Phi) is 6.88. The molecule has 3 aliphatic rings. The maximum atomic E-state index is 13.5. The number of nitrogens with zero attached hydrogens (tertiary/aromatic N) is 3. The SMILES string of the molecule is CC(C)[C@H]1C(=O)N(S(C)(=O)=O)C2=CCN(C(=O)c3ccoc3CN3CCCCC3)[C@@H]21.Cl. The first-order valence-corrected chi connectivity index (χ1v) is 12.4. The van der Waals surface area contributed by atoms with Gasteiger partial charge in [-0.3, -0.25) is 14.5 Å². The number of likely N-dealkylation sites (tertiary alicyclic amines) is 1. The van der Waals surface area contributed by atoms with Gasteiger partial charge in [0.1, 0.15) is 5.76 Å². The van der Waals surface area contributed by atoms with Crippen LogP contribution in [0.5, 0.6) is 0 Å². The van der Waals surface area contributed by atoms with Crippen molar-refractivity contribution in [3.63, 3.8) is 0 Å². The number of hydrogen-bond acceptors (Lipinski definition) is 6. The van der Waals surface area contributed by atoms with Crippen LogP contribution in [-0.2, 0) is 21.4 Å². The molecule has 2 amide bonds. The lowest BCUT2D eigenvalue weighted by molar-refractivity contribution is -0.128. The highest BCUT2D eigenvalue weighted by Crippen LogP contribution is 2.42. The smallest absolute Gasteiger partial charge is 0.258 e. The Balaban J connectivity index is 0.00000272. The van der Waals surface area contributed by atoms with Gasteiger partial charge < -0.3 is 9.32 Å². The largest absolute Gasteiger partial charge is 0.467 e.